The number of nitrogens with zero attached hydrogens (tertiary/aromatic N) is 3. The first-order chi connectivity index (χ1) is 10.5. The van der Waals surface area contributed by atoms with E-state index in [9.17, 15) is 9.59 Å². The molecular weight excluding hydrogens is 278 g/mol. The van der Waals surface area contributed by atoms with E-state index in [0.717, 1.165) is 12.8 Å². The Kier molecular flexibility index (Phi) is 5.09. The molecule has 1 fully saturated rings. The summed E-state index contributed by atoms with van der Waals surface area (Å²) in [5.41, 5.74) is 1.25. The first kappa shape index (κ1) is 15.9. The number of hydrogen-bond acceptors (Lipinski definition) is 4. The predicted molar refractivity (Wildman–Crippen MR) is 86.9 cm³/mol. The Labute approximate surface area is 130 Å². The zero-order valence-electron chi connectivity index (χ0n) is 13.2. The fourth-order valence-corrected chi connectivity index (χ4v) is 2.22. The molecule has 1 aromatic rings. The minimum absolute atomic E-state index is 0.223. The van der Waals surface area contributed by atoms with Crippen LogP contribution >= 0.6 is 0 Å². The molecule has 1 aliphatic heterocycles. The first-order valence-electron chi connectivity index (χ1n) is 7.43. The molecule has 0 saturated carbocycles. The van der Waals surface area contributed by atoms with E-state index < -0.39 is 0 Å². The largest absolute Gasteiger partial charge is 0.383 e. The fourth-order valence-electron chi connectivity index (χ4n) is 2.22. The van der Waals surface area contributed by atoms with E-state index in [1.807, 2.05) is 51.4 Å². The third kappa shape index (κ3) is 3.42. The van der Waals surface area contributed by atoms with Crippen LogP contribution in [0.3, 0.4) is 0 Å². The van der Waals surface area contributed by atoms with Crippen LogP contribution in [0.15, 0.2) is 47.1 Å². The summed E-state index contributed by atoms with van der Waals surface area (Å²) in [5.74, 6) is -0.572. The van der Waals surface area contributed by atoms with Gasteiger partial charge in [0.05, 0.1) is 11.3 Å². The lowest BCUT2D eigenvalue weighted by Gasteiger charge is -2.11. The summed E-state index contributed by atoms with van der Waals surface area (Å²) >= 11 is 0. The number of unbranched alkanes of at least 4 members (excludes halogenated alkanes) is 1. The molecule has 1 aliphatic rings. The molecule has 2 rings (SSSR count). The van der Waals surface area contributed by atoms with Crippen molar-refractivity contribution >= 4 is 23.2 Å². The Morgan fingerprint density at radius 1 is 1.14 bits per heavy atom. The minimum Gasteiger partial charge on any atom is -0.383 e. The zero-order valence-corrected chi connectivity index (χ0v) is 13.2. The van der Waals surface area contributed by atoms with Gasteiger partial charge in [0.25, 0.3) is 11.8 Å². The van der Waals surface area contributed by atoms with Gasteiger partial charge in [-0.15, -0.1) is 0 Å². The molecule has 1 heterocycles. The second-order valence-electron chi connectivity index (χ2n) is 5.42. The molecule has 0 radical (unpaired) electrons. The molecule has 22 heavy (non-hydrogen) atoms. The zero-order chi connectivity index (χ0) is 16.1. The van der Waals surface area contributed by atoms with Gasteiger partial charge in [0.15, 0.2) is 0 Å². The lowest BCUT2D eigenvalue weighted by atomic mass is 10.2. The van der Waals surface area contributed by atoms with Crippen molar-refractivity contribution < 1.29 is 9.59 Å². The quantitative estimate of drug-likeness (QED) is 0.619. The molecule has 1 aromatic carbocycles. The average molecular weight is 299 g/mol. The molecule has 1 saturated heterocycles. The Morgan fingerprint density at radius 3 is 2.41 bits per heavy atom. The fraction of sp³-hybridized carbons (Fsp3) is 0.353. The van der Waals surface area contributed by atoms with E-state index in [2.05, 4.69) is 4.99 Å². The van der Waals surface area contributed by atoms with Gasteiger partial charge in [-0.2, -0.15) is 0 Å². The van der Waals surface area contributed by atoms with Crippen molar-refractivity contribution in [2.45, 2.75) is 19.8 Å². The Hall–Kier alpha value is -2.43. The Morgan fingerprint density at radius 2 is 1.82 bits per heavy atom. The molecular formula is C17H21N3O2. The molecule has 5 heteroatoms. The summed E-state index contributed by atoms with van der Waals surface area (Å²) in [6.07, 6.45) is 3.38. The summed E-state index contributed by atoms with van der Waals surface area (Å²) < 4.78 is 0. The maximum Gasteiger partial charge on any atom is 0.280 e. The van der Waals surface area contributed by atoms with Crippen molar-refractivity contribution in [2.24, 2.45) is 4.99 Å². The molecule has 0 unspecified atom stereocenters. The lowest BCUT2D eigenvalue weighted by molar-refractivity contribution is -0.135. The molecule has 0 aliphatic carbocycles. The number of benzene rings is 1. The van der Waals surface area contributed by atoms with E-state index in [1.54, 1.807) is 11.1 Å². The third-order valence-electron chi connectivity index (χ3n) is 3.30. The summed E-state index contributed by atoms with van der Waals surface area (Å²) in [4.78, 5) is 32.5. The molecule has 0 spiro atoms. The molecule has 0 atom stereocenters. The number of carbonyl (C=O) groups is 2. The summed E-state index contributed by atoms with van der Waals surface area (Å²) in [7, 11) is 3.64. The lowest BCUT2D eigenvalue weighted by Crippen LogP contribution is -2.31. The highest BCUT2D eigenvalue weighted by atomic mass is 16.2. The third-order valence-corrected chi connectivity index (χ3v) is 3.30. The van der Waals surface area contributed by atoms with Crippen LogP contribution in [0.25, 0.3) is 0 Å². The van der Waals surface area contributed by atoms with Crippen LogP contribution in [-0.2, 0) is 9.59 Å². The number of amides is 2. The maximum absolute atomic E-state index is 12.5. The van der Waals surface area contributed by atoms with Crippen LogP contribution in [0.5, 0.6) is 0 Å². The van der Waals surface area contributed by atoms with Crippen molar-refractivity contribution in [3.63, 3.8) is 0 Å². The van der Waals surface area contributed by atoms with E-state index >= 15 is 0 Å². The van der Waals surface area contributed by atoms with Crippen LogP contribution in [0.1, 0.15) is 19.8 Å². The topological polar surface area (TPSA) is 53.0 Å². The summed E-state index contributed by atoms with van der Waals surface area (Å²) in [6, 6.07) is 9.21. The highest BCUT2D eigenvalue weighted by Crippen LogP contribution is 2.22. The van der Waals surface area contributed by atoms with Crippen molar-refractivity contribution in [3.05, 3.63) is 42.1 Å². The van der Waals surface area contributed by atoms with Crippen molar-refractivity contribution in [2.75, 3.05) is 20.6 Å². The molecule has 2 amide bonds. The smallest absolute Gasteiger partial charge is 0.280 e. The number of likely N-dealkylation sites (tertiary alicyclic amines) is 1. The highest BCUT2D eigenvalue weighted by molar-refractivity contribution is 6.58. The first-order valence-corrected chi connectivity index (χ1v) is 7.43. The van der Waals surface area contributed by atoms with Gasteiger partial charge < -0.3 is 4.90 Å². The Balaban J connectivity index is 2.42. The highest BCUT2D eigenvalue weighted by Gasteiger charge is 2.40. The van der Waals surface area contributed by atoms with Gasteiger partial charge in [0, 0.05) is 26.8 Å². The van der Waals surface area contributed by atoms with Gasteiger partial charge in [-0.3, -0.25) is 14.5 Å². The van der Waals surface area contributed by atoms with E-state index in [1.165, 1.54) is 4.90 Å². The normalized spacial score (nSPS) is 18.6. The number of para-hydroxylation sites is 1. The van der Waals surface area contributed by atoms with Gasteiger partial charge in [-0.25, -0.2) is 4.99 Å². The van der Waals surface area contributed by atoms with E-state index in [4.69, 9.17) is 0 Å². The maximum atomic E-state index is 12.5. The van der Waals surface area contributed by atoms with Crippen LogP contribution in [-0.4, -0.2) is 48.0 Å². The minimum atomic E-state index is -0.310. The van der Waals surface area contributed by atoms with Crippen LogP contribution in [0, 0.1) is 0 Å². The van der Waals surface area contributed by atoms with E-state index in [-0.39, 0.29) is 17.5 Å². The molecule has 5 nitrogen and oxygen atoms in total. The van der Waals surface area contributed by atoms with Crippen molar-refractivity contribution in [1.82, 2.24) is 9.80 Å². The molecule has 0 N–H and O–H groups in total. The number of hydrogen-bond donors (Lipinski definition) is 0. The average Bonchev–Trinajstić information content (AvgIpc) is 2.70. The molecule has 0 aromatic heterocycles. The second-order valence-corrected chi connectivity index (χ2v) is 5.42. The van der Waals surface area contributed by atoms with Gasteiger partial charge >= 0.3 is 0 Å². The van der Waals surface area contributed by atoms with Crippen LogP contribution in [0.4, 0.5) is 5.69 Å². The predicted octanol–water partition coefficient (Wildman–Crippen LogP) is 2.37. The van der Waals surface area contributed by atoms with Crippen LogP contribution < -0.4 is 0 Å². The molecule has 116 valence electrons. The van der Waals surface area contributed by atoms with Crippen LogP contribution in [0.2, 0.25) is 0 Å². The van der Waals surface area contributed by atoms with Gasteiger partial charge in [0.2, 0.25) is 0 Å². The second kappa shape index (κ2) is 7.02. The van der Waals surface area contributed by atoms with Crippen molar-refractivity contribution in [1.29, 1.82) is 0 Å². The van der Waals surface area contributed by atoms with Gasteiger partial charge in [-0.05, 0) is 18.6 Å². The number of imide groups is 1. The Bertz CT molecular complexity index is 618. The van der Waals surface area contributed by atoms with Gasteiger partial charge in [0.1, 0.15) is 5.71 Å². The van der Waals surface area contributed by atoms with Crippen molar-refractivity contribution in [3.8, 4) is 0 Å². The number of rotatable bonds is 5. The van der Waals surface area contributed by atoms with E-state index in [0.29, 0.717) is 17.8 Å². The summed E-state index contributed by atoms with van der Waals surface area (Å²) in [6.45, 7) is 2.47. The number of aliphatic imine (C=N–C) groups is 1. The SMILES string of the molecule is CCCCN1C(=O)C(=Nc2ccccc2)/C(=C/N(C)C)C1=O. The number of carbonyl (C=O) groups excluding carboxylic acids is 2. The van der Waals surface area contributed by atoms with Gasteiger partial charge in [-0.1, -0.05) is 31.5 Å². The molecule has 0 bridgehead atoms. The standard InChI is InChI=1S/C17H21N3O2/c1-4-5-11-20-16(21)14(12-19(2)3)15(17(20)22)18-13-9-7-6-8-10-13/h6-10,12H,4-5,11H2,1-3H3/b14-12-,18-15?. The summed E-state index contributed by atoms with van der Waals surface area (Å²) in [5, 5.41) is 0. The monoisotopic (exact) mass is 299 g/mol.